The van der Waals surface area contributed by atoms with Crippen molar-refractivity contribution in [2.24, 2.45) is 0 Å². The minimum Gasteiger partial charge on any atom is -0.383 e. The summed E-state index contributed by atoms with van der Waals surface area (Å²) in [7, 11) is 0. The molecule has 0 saturated carbocycles. The van der Waals surface area contributed by atoms with Gasteiger partial charge in [0.15, 0.2) is 5.82 Å². The molecule has 0 bridgehead atoms. The molecule has 0 spiro atoms. The molecule has 0 radical (unpaired) electrons. The average molecular weight is 255 g/mol. The van der Waals surface area contributed by atoms with E-state index in [0.717, 1.165) is 34.6 Å². The van der Waals surface area contributed by atoms with E-state index in [4.69, 9.17) is 10.5 Å². The van der Waals surface area contributed by atoms with Gasteiger partial charge in [0, 0.05) is 17.5 Å². The lowest BCUT2D eigenvalue weighted by Crippen LogP contribution is -2.16. The number of anilines is 1. The van der Waals surface area contributed by atoms with Crippen LogP contribution in [-0.4, -0.2) is 16.6 Å². The standard InChI is InChI=1S/C15H17N3O/c1-9-3-4-10(2)11(7-9)15-17-13-5-6-19-8-12(13)14(16)18-15/h3-4,7H,5-6,8H2,1-2H3,(H2,16,17,18). The van der Waals surface area contributed by atoms with Gasteiger partial charge in [0.05, 0.1) is 18.9 Å². The summed E-state index contributed by atoms with van der Waals surface area (Å²) < 4.78 is 5.41. The van der Waals surface area contributed by atoms with E-state index in [0.29, 0.717) is 19.0 Å². The van der Waals surface area contributed by atoms with Gasteiger partial charge in [-0.15, -0.1) is 0 Å². The highest BCUT2D eigenvalue weighted by Gasteiger charge is 2.17. The van der Waals surface area contributed by atoms with E-state index >= 15 is 0 Å². The van der Waals surface area contributed by atoms with E-state index in [1.165, 1.54) is 5.56 Å². The largest absolute Gasteiger partial charge is 0.383 e. The normalized spacial score (nSPS) is 14.2. The third-order valence-electron chi connectivity index (χ3n) is 3.49. The van der Waals surface area contributed by atoms with Gasteiger partial charge in [0.2, 0.25) is 0 Å². The Bertz CT molecular complexity index is 638. The second-order valence-electron chi connectivity index (χ2n) is 4.98. The SMILES string of the molecule is Cc1ccc(C)c(-c2nc(N)c3c(n2)CCOC3)c1. The second-order valence-corrected chi connectivity index (χ2v) is 4.98. The van der Waals surface area contributed by atoms with Crippen molar-refractivity contribution in [2.75, 3.05) is 12.3 Å². The molecule has 0 saturated heterocycles. The highest BCUT2D eigenvalue weighted by Crippen LogP contribution is 2.26. The molecule has 0 fully saturated rings. The molecule has 1 aromatic carbocycles. The number of aromatic nitrogens is 2. The smallest absolute Gasteiger partial charge is 0.162 e. The molecule has 1 aliphatic heterocycles. The zero-order chi connectivity index (χ0) is 13.4. The number of benzene rings is 1. The van der Waals surface area contributed by atoms with Crippen molar-refractivity contribution in [3.05, 3.63) is 40.6 Å². The minimum absolute atomic E-state index is 0.522. The Morgan fingerprint density at radius 1 is 1.21 bits per heavy atom. The molecule has 0 aliphatic carbocycles. The monoisotopic (exact) mass is 255 g/mol. The predicted molar refractivity (Wildman–Crippen MR) is 74.7 cm³/mol. The summed E-state index contributed by atoms with van der Waals surface area (Å²) in [5.74, 6) is 1.26. The average Bonchev–Trinajstić information content (AvgIpc) is 2.41. The summed E-state index contributed by atoms with van der Waals surface area (Å²) in [4.78, 5) is 9.12. The van der Waals surface area contributed by atoms with Gasteiger partial charge in [-0.2, -0.15) is 0 Å². The fourth-order valence-electron chi connectivity index (χ4n) is 2.35. The Morgan fingerprint density at radius 3 is 2.89 bits per heavy atom. The fourth-order valence-corrected chi connectivity index (χ4v) is 2.35. The number of ether oxygens (including phenoxy) is 1. The van der Waals surface area contributed by atoms with Crippen molar-refractivity contribution in [3.8, 4) is 11.4 Å². The van der Waals surface area contributed by atoms with Crippen LogP contribution in [0.1, 0.15) is 22.4 Å². The first-order valence-electron chi connectivity index (χ1n) is 6.46. The number of fused-ring (bicyclic) bond motifs is 1. The third-order valence-corrected chi connectivity index (χ3v) is 3.49. The van der Waals surface area contributed by atoms with Crippen LogP contribution in [0, 0.1) is 13.8 Å². The van der Waals surface area contributed by atoms with Crippen LogP contribution in [0.15, 0.2) is 18.2 Å². The molecule has 0 unspecified atom stereocenters. The van der Waals surface area contributed by atoms with Gasteiger partial charge in [0.25, 0.3) is 0 Å². The Kier molecular flexibility index (Phi) is 2.95. The Morgan fingerprint density at radius 2 is 2.05 bits per heavy atom. The first-order valence-corrected chi connectivity index (χ1v) is 6.46. The van der Waals surface area contributed by atoms with E-state index in [1.807, 2.05) is 0 Å². The van der Waals surface area contributed by atoms with Crippen LogP contribution in [-0.2, 0) is 17.8 Å². The zero-order valence-corrected chi connectivity index (χ0v) is 11.2. The molecule has 2 N–H and O–H groups in total. The van der Waals surface area contributed by atoms with Gasteiger partial charge in [-0.3, -0.25) is 0 Å². The first-order chi connectivity index (χ1) is 9.15. The quantitative estimate of drug-likeness (QED) is 0.850. The fraction of sp³-hybridized carbons (Fsp3) is 0.333. The van der Waals surface area contributed by atoms with Crippen LogP contribution in [0.4, 0.5) is 5.82 Å². The molecule has 2 heterocycles. The van der Waals surface area contributed by atoms with Gasteiger partial charge in [-0.05, 0) is 25.5 Å². The van der Waals surface area contributed by atoms with Crippen molar-refractivity contribution in [3.63, 3.8) is 0 Å². The number of rotatable bonds is 1. The van der Waals surface area contributed by atoms with E-state index in [-0.39, 0.29) is 0 Å². The minimum atomic E-state index is 0.522. The summed E-state index contributed by atoms with van der Waals surface area (Å²) in [6, 6.07) is 6.29. The lowest BCUT2D eigenvalue weighted by molar-refractivity contribution is 0.109. The van der Waals surface area contributed by atoms with Crippen LogP contribution >= 0.6 is 0 Å². The molecule has 98 valence electrons. The van der Waals surface area contributed by atoms with Crippen LogP contribution < -0.4 is 5.73 Å². The van der Waals surface area contributed by atoms with E-state index in [1.54, 1.807) is 0 Å². The number of hydrogen-bond acceptors (Lipinski definition) is 4. The highest BCUT2D eigenvalue weighted by molar-refractivity contribution is 5.63. The Labute approximate surface area is 112 Å². The molecule has 2 aromatic rings. The third kappa shape index (κ3) is 2.19. The van der Waals surface area contributed by atoms with Gasteiger partial charge in [0.1, 0.15) is 5.82 Å². The van der Waals surface area contributed by atoms with Crippen molar-refractivity contribution in [2.45, 2.75) is 26.9 Å². The summed E-state index contributed by atoms with van der Waals surface area (Å²) in [6.07, 6.45) is 0.805. The molecule has 19 heavy (non-hydrogen) atoms. The second kappa shape index (κ2) is 4.63. The van der Waals surface area contributed by atoms with Crippen molar-refractivity contribution < 1.29 is 4.74 Å². The molecular weight excluding hydrogens is 238 g/mol. The van der Waals surface area contributed by atoms with Gasteiger partial charge < -0.3 is 10.5 Å². The molecule has 4 nitrogen and oxygen atoms in total. The predicted octanol–water partition coefficient (Wildman–Crippen LogP) is 2.42. The van der Waals surface area contributed by atoms with Gasteiger partial charge in [-0.25, -0.2) is 9.97 Å². The van der Waals surface area contributed by atoms with Crippen LogP contribution in [0.5, 0.6) is 0 Å². The highest BCUT2D eigenvalue weighted by atomic mass is 16.5. The van der Waals surface area contributed by atoms with E-state index in [2.05, 4.69) is 42.0 Å². The van der Waals surface area contributed by atoms with E-state index in [9.17, 15) is 0 Å². The number of hydrogen-bond donors (Lipinski definition) is 1. The molecule has 1 aromatic heterocycles. The maximum atomic E-state index is 6.04. The van der Waals surface area contributed by atoms with Crippen LogP contribution in [0.3, 0.4) is 0 Å². The number of nitrogens with zero attached hydrogens (tertiary/aromatic N) is 2. The van der Waals surface area contributed by atoms with E-state index < -0.39 is 0 Å². The molecule has 0 atom stereocenters. The lowest BCUT2D eigenvalue weighted by Gasteiger charge is -2.18. The molecule has 0 amide bonds. The lowest BCUT2D eigenvalue weighted by atomic mass is 10.0. The van der Waals surface area contributed by atoms with Crippen LogP contribution in [0.25, 0.3) is 11.4 Å². The molecular formula is C15H17N3O. The van der Waals surface area contributed by atoms with Crippen LogP contribution in [0.2, 0.25) is 0 Å². The molecule has 3 rings (SSSR count). The molecule has 1 aliphatic rings. The topological polar surface area (TPSA) is 61.0 Å². The maximum Gasteiger partial charge on any atom is 0.162 e. The van der Waals surface area contributed by atoms with Gasteiger partial charge in [-0.1, -0.05) is 17.7 Å². The van der Waals surface area contributed by atoms with Crippen molar-refractivity contribution in [1.82, 2.24) is 9.97 Å². The molecule has 4 heteroatoms. The van der Waals surface area contributed by atoms with Gasteiger partial charge >= 0.3 is 0 Å². The van der Waals surface area contributed by atoms with Crippen molar-refractivity contribution in [1.29, 1.82) is 0 Å². The number of nitrogen functional groups attached to an aromatic ring is 1. The summed E-state index contributed by atoms with van der Waals surface area (Å²) >= 11 is 0. The Balaban J connectivity index is 2.15. The number of nitrogens with two attached hydrogens (primary N) is 1. The first kappa shape index (κ1) is 12.1. The summed E-state index contributed by atoms with van der Waals surface area (Å²) in [5, 5.41) is 0. The number of aryl methyl sites for hydroxylation is 2. The summed E-state index contributed by atoms with van der Waals surface area (Å²) in [5.41, 5.74) is 11.4. The summed E-state index contributed by atoms with van der Waals surface area (Å²) in [6.45, 7) is 5.36. The zero-order valence-electron chi connectivity index (χ0n) is 11.2. The maximum absolute atomic E-state index is 6.04. The van der Waals surface area contributed by atoms with Crippen molar-refractivity contribution >= 4 is 5.82 Å². The Hall–Kier alpha value is -1.94.